The molecule has 4 heteroatoms. The van der Waals surface area contributed by atoms with Gasteiger partial charge >= 0.3 is 0 Å². The summed E-state index contributed by atoms with van der Waals surface area (Å²) in [6.45, 7) is 0. The van der Waals surface area contributed by atoms with E-state index in [1.807, 2.05) is 0 Å². The summed E-state index contributed by atoms with van der Waals surface area (Å²) in [5, 5.41) is 14.5. The van der Waals surface area contributed by atoms with E-state index in [9.17, 15) is 0 Å². The van der Waals surface area contributed by atoms with Gasteiger partial charge in [-0.1, -0.05) is 346 Å². The molecule has 114 heavy (non-hydrogen) atoms. The van der Waals surface area contributed by atoms with Crippen LogP contribution in [0.25, 0.3) is 221 Å². The zero-order chi connectivity index (χ0) is 75.2. The molecule has 0 aliphatic carbocycles. The second-order valence-electron chi connectivity index (χ2n) is 29.8. The fraction of sp³-hybridized carbons (Fsp3) is 0. The lowest BCUT2D eigenvalue weighted by Gasteiger charge is -2.22. The van der Waals surface area contributed by atoms with E-state index in [0.29, 0.717) is 0 Å². The van der Waals surface area contributed by atoms with Crippen molar-refractivity contribution in [2.24, 2.45) is 0 Å². The number of imidazole rings is 2. The van der Waals surface area contributed by atoms with E-state index in [0.717, 1.165) is 106 Å². The highest BCUT2D eigenvalue weighted by molar-refractivity contribution is 6.25. The molecule has 2 heterocycles. The monoisotopic (exact) mass is 1450 g/mol. The molecule has 0 saturated heterocycles. The minimum Gasteiger partial charge on any atom is -0.292 e. The summed E-state index contributed by atoms with van der Waals surface area (Å²) in [6.07, 6.45) is 0. The summed E-state index contributed by atoms with van der Waals surface area (Å²) < 4.78 is 4.59. The molecule has 2 aromatic heterocycles. The predicted molar refractivity (Wildman–Crippen MR) is 481 cm³/mol. The van der Waals surface area contributed by atoms with Crippen molar-refractivity contribution in [2.75, 3.05) is 0 Å². The first-order chi connectivity index (χ1) is 56.5. The fourth-order valence-electron chi connectivity index (χ4n) is 18.0. The Kier molecular flexibility index (Phi) is 15.9. The lowest BCUT2D eigenvalue weighted by Crippen LogP contribution is -1.97. The van der Waals surface area contributed by atoms with Crippen molar-refractivity contribution in [1.82, 2.24) is 19.1 Å². The molecule has 0 aliphatic rings. The standard InChI is InChI=1S/C110H70N4/c1-4-27-75(28-5-1)89-37-14-16-39-91(89)107-95-43-20-21-44-96(95)108(100-69-82(60-63-98(100)107)74-47-53-76(54-48-74)109-111-101-45-22-23-46-103(101)113(109)87-33-6-2-7-34-87)92-40-17-15-38-90(92)84-32-24-31-80(65-84)83-61-64-104-102(70-83)112-110(114(104)88-35-8-3-9-36-88)77-55-49-73(50-56-77)81-59-62-97-99(68-81)106(86-58-52-72-26-11-13-30-79(72)67-86)94-42-19-18-41-93(94)105(97)85-57-51-71-25-10-12-29-78(71)66-85/h1-70H. The molecule has 530 valence electrons. The van der Waals surface area contributed by atoms with Crippen molar-refractivity contribution < 1.29 is 0 Å². The van der Waals surface area contributed by atoms with Gasteiger partial charge in [-0.2, -0.15) is 0 Å². The SMILES string of the molecule is c1ccc(-c2ccccc2-c2c3ccccc3c(-c3ccccc3-c3cccc(-c4ccc5c(c4)nc(-c4ccc(-c6ccc7c(-c8ccc9ccccc9c8)c8ccccc8c(-c8ccc9ccccc9c8)c7c6)cc4)n5-c4ccccc4)c3)c3cc(-c4ccc(-c5nc6ccccc6n5-c5ccccc5)cc4)ccc23)cc1. The van der Waals surface area contributed by atoms with Crippen LogP contribution in [0.15, 0.2) is 425 Å². The van der Waals surface area contributed by atoms with Gasteiger partial charge in [-0.25, -0.2) is 9.97 Å². The van der Waals surface area contributed by atoms with Crippen molar-refractivity contribution >= 4 is 86.7 Å². The van der Waals surface area contributed by atoms with Gasteiger partial charge in [0.05, 0.1) is 22.1 Å². The molecule has 0 radical (unpaired) electrons. The van der Waals surface area contributed by atoms with Gasteiger partial charge in [0.15, 0.2) is 0 Å². The van der Waals surface area contributed by atoms with E-state index >= 15 is 0 Å². The molecule has 0 fully saturated rings. The second kappa shape index (κ2) is 27.5. The molecular weight excluding hydrogens is 1380 g/mol. The average Bonchev–Trinajstić information content (AvgIpc) is 0.840. The van der Waals surface area contributed by atoms with Crippen molar-refractivity contribution in [3.8, 4) is 134 Å². The van der Waals surface area contributed by atoms with E-state index in [1.165, 1.54) is 115 Å². The van der Waals surface area contributed by atoms with E-state index < -0.39 is 0 Å². The van der Waals surface area contributed by atoms with Gasteiger partial charge < -0.3 is 0 Å². The molecule has 22 rings (SSSR count). The van der Waals surface area contributed by atoms with Gasteiger partial charge in [-0.3, -0.25) is 9.13 Å². The van der Waals surface area contributed by atoms with Crippen LogP contribution in [0.2, 0.25) is 0 Å². The molecule has 0 unspecified atom stereocenters. The highest BCUT2D eigenvalue weighted by Crippen LogP contribution is 2.51. The first-order valence-electron chi connectivity index (χ1n) is 39.2. The largest absolute Gasteiger partial charge is 0.292 e. The Morgan fingerprint density at radius 1 is 0.158 bits per heavy atom. The van der Waals surface area contributed by atoms with Gasteiger partial charge in [0, 0.05) is 22.5 Å². The third-order valence-electron chi connectivity index (χ3n) is 23.3. The topological polar surface area (TPSA) is 35.6 Å². The fourth-order valence-corrected chi connectivity index (χ4v) is 18.0. The van der Waals surface area contributed by atoms with Crippen LogP contribution in [0.4, 0.5) is 0 Å². The summed E-state index contributed by atoms with van der Waals surface area (Å²) in [5.74, 6) is 1.78. The average molecular weight is 1450 g/mol. The minimum absolute atomic E-state index is 0.876. The number of fused-ring (bicyclic) bond motifs is 8. The normalized spacial score (nSPS) is 11.7. The van der Waals surface area contributed by atoms with Crippen LogP contribution >= 0.6 is 0 Å². The maximum absolute atomic E-state index is 5.61. The van der Waals surface area contributed by atoms with Crippen LogP contribution in [0, 0.1) is 0 Å². The second-order valence-corrected chi connectivity index (χ2v) is 29.8. The van der Waals surface area contributed by atoms with Crippen LogP contribution in [0.1, 0.15) is 0 Å². The van der Waals surface area contributed by atoms with Crippen LogP contribution in [-0.4, -0.2) is 19.1 Å². The summed E-state index contributed by atoms with van der Waals surface area (Å²) in [4.78, 5) is 10.9. The summed E-state index contributed by atoms with van der Waals surface area (Å²) in [5.41, 5.74) is 29.2. The Morgan fingerprint density at radius 2 is 0.500 bits per heavy atom. The van der Waals surface area contributed by atoms with Crippen LogP contribution in [0.3, 0.4) is 0 Å². The Hall–Kier alpha value is -15.1. The Bertz CT molecular complexity index is 7560. The highest BCUT2D eigenvalue weighted by Gasteiger charge is 2.25. The first kappa shape index (κ1) is 65.9. The lowest BCUT2D eigenvalue weighted by molar-refractivity contribution is 1.10. The van der Waals surface area contributed by atoms with Gasteiger partial charge in [0.2, 0.25) is 0 Å². The number of aromatic nitrogens is 4. The zero-order valence-electron chi connectivity index (χ0n) is 62.2. The number of hydrogen-bond acceptors (Lipinski definition) is 2. The number of benzene rings is 20. The lowest BCUT2D eigenvalue weighted by atomic mass is 9.81. The van der Waals surface area contributed by atoms with Crippen LogP contribution in [0.5, 0.6) is 0 Å². The van der Waals surface area contributed by atoms with E-state index in [-0.39, 0.29) is 0 Å². The molecule has 0 saturated carbocycles. The van der Waals surface area contributed by atoms with Gasteiger partial charge in [0.1, 0.15) is 11.6 Å². The van der Waals surface area contributed by atoms with Gasteiger partial charge in [-0.15, -0.1) is 0 Å². The molecule has 0 N–H and O–H groups in total. The molecule has 0 bridgehead atoms. The van der Waals surface area contributed by atoms with Gasteiger partial charge in [0.25, 0.3) is 0 Å². The number of para-hydroxylation sites is 4. The number of rotatable bonds is 13. The zero-order valence-corrected chi connectivity index (χ0v) is 62.2. The third-order valence-corrected chi connectivity index (χ3v) is 23.3. The molecule has 22 aromatic rings. The molecule has 0 aliphatic heterocycles. The Balaban J connectivity index is 0.652. The quantitative estimate of drug-likeness (QED) is 0.108. The van der Waals surface area contributed by atoms with Crippen molar-refractivity contribution in [3.05, 3.63) is 425 Å². The molecule has 4 nitrogen and oxygen atoms in total. The van der Waals surface area contributed by atoms with E-state index in [4.69, 9.17) is 9.97 Å². The molecular formula is C110H70N4. The highest BCUT2D eigenvalue weighted by atomic mass is 15.1. The Morgan fingerprint density at radius 3 is 1.06 bits per heavy atom. The van der Waals surface area contributed by atoms with Crippen molar-refractivity contribution in [2.45, 2.75) is 0 Å². The predicted octanol–water partition coefficient (Wildman–Crippen LogP) is 29.6. The minimum atomic E-state index is 0.876. The maximum Gasteiger partial charge on any atom is 0.145 e. The molecule has 0 spiro atoms. The smallest absolute Gasteiger partial charge is 0.145 e. The maximum atomic E-state index is 5.61. The number of hydrogen-bond donors (Lipinski definition) is 0. The third kappa shape index (κ3) is 11.3. The van der Waals surface area contributed by atoms with E-state index in [2.05, 4.69) is 434 Å². The Labute approximate surface area is 660 Å². The van der Waals surface area contributed by atoms with Crippen LogP contribution < -0.4 is 0 Å². The van der Waals surface area contributed by atoms with Gasteiger partial charge in [-0.05, 0) is 244 Å². The summed E-state index contributed by atoms with van der Waals surface area (Å²) in [6, 6.07) is 156. The van der Waals surface area contributed by atoms with E-state index in [1.54, 1.807) is 0 Å². The first-order valence-corrected chi connectivity index (χ1v) is 39.2. The van der Waals surface area contributed by atoms with Crippen molar-refractivity contribution in [3.63, 3.8) is 0 Å². The molecule has 20 aromatic carbocycles. The summed E-state index contributed by atoms with van der Waals surface area (Å²) in [7, 11) is 0. The summed E-state index contributed by atoms with van der Waals surface area (Å²) >= 11 is 0. The van der Waals surface area contributed by atoms with Crippen LogP contribution in [-0.2, 0) is 0 Å². The molecule has 0 amide bonds. The molecule has 0 atom stereocenters. The van der Waals surface area contributed by atoms with Crippen molar-refractivity contribution in [1.29, 1.82) is 0 Å². The number of nitrogens with zero attached hydrogens (tertiary/aromatic N) is 4.